The number of ether oxygens (including phenoxy) is 1. The Hall–Kier alpha value is -0.730. The topological polar surface area (TPSA) is 47.6 Å². The first-order valence-electron chi connectivity index (χ1n) is 6.39. The fraction of sp³-hybridized carbons (Fsp3) is 0.923. The molecule has 3 nitrogen and oxygen atoms in total. The van der Waals surface area contributed by atoms with Gasteiger partial charge >= 0.3 is 0 Å². The molecule has 1 aliphatic carbocycles. The van der Waals surface area contributed by atoms with Crippen LogP contribution in [0.3, 0.4) is 0 Å². The lowest BCUT2D eigenvalue weighted by Gasteiger charge is -2.30. The van der Waals surface area contributed by atoms with Crippen LogP contribution in [0.15, 0.2) is 4.99 Å². The summed E-state index contributed by atoms with van der Waals surface area (Å²) in [6.45, 7) is 7.74. The van der Waals surface area contributed by atoms with Gasteiger partial charge in [-0.3, -0.25) is 0 Å². The van der Waals surface area contributed by atoms with Crippen LogP contribution in [0.2, 0.25) is 0 Å². The number of hydrogen-bond acceptors (Lipinski definition) is 3. The Bertz CT molecular complexity index is 293. The Morgan fingerprint density at radius 3 is 2.62 bits per heavy atom. The second-order valence-electron chi connectivity index (χ2n) is 6.46. The van der Waals surface area contributed by atoms with E-state index in [1.54, 1.807) is 0 Å². The molecule has 2 N–H and O–H groups in total. The zero-order valence-electron chi connectivity index (χ0n) is 10.8. The van der Waals surface area contributed by atoms with E-state index < -0.39 is 0 Å². The summed E-state index contributed by atoms with van der Waals surface area (Å²) in [5.41, 5.74) is 6.07. The summed E-state index contributed by atoms with van der Waals surface area (Å²) in [6, 6.07) is 0.397. The lowest BCUT2D eigenvalue weighted by Crippen LogP contribution is -2.28. The number of amidine groups is 1. The third-order valence-corrected chi connectivity index (χ3v) is 4.21. The molecular weight excluding hydrogens is 200 g/mol. The monoisotopic (exact) mass is 224 g/mol. The summed E-state index contributed by atoms with van der Waals surface area (Å²) in [4.78, 5) is 4.53. The molecule has 2 atom stereocenters. The zero-order chi connectivity index (χ0) is 11.8. The summed E-state index contributed by atoms with van der Waals surface area (Å²) < 4.78 is 5.35. The number of rotatable bonds is 0. The molecule has 0 aromatic carbocycles. The molecule has 3 heteroatoms. The summed E-state index contributed by atoms with van der Waals surface area (Å²) in [7, 11) is 0. The average molecular weight is 224 g/mol. The molecule has 0 aromatic heterocycles. The number of hydrogen-bond donors (Lipinski definition) is 1. The molecule has 0 saturated heterocycles. The van der Waals surface area contributed by atoms with E-state index in [9.17, 15) is 0 Å². The molecule has 1 spiro atoms. The lowest BCUT2D eigenvalue weighted by atomic mass is 9.76. The normalized spacial score (nSPS) is 35.7. The van der Waals surface area contributed by atoms with E-state index >= 15 is 0 Å². The molecule has 1 aliphatic heterocycles. The van der Waals surface area contributed by atoms with Gasteiger partial charge in [0.25, 0.3) is 6.02 Å². The third-order valence-electron chi connectivity index (χ3n) is 4.21. The van der Waals surface area contributed by atoms with Gasteiger partial charge in [0.05, 0.1) is 0 Å². The van der Waals surface area contributed by atoms with E-state index in [4.69, 9.17) is 10.5 Å². The molecule has 0 amide bonds. The highest BCUT2D eigenvalue weighted by atomic mass is 16.5. The van der Waals surface area contributed by atoms with E-state index in [1.807, 2.05) is 0 Å². The highest BCUT2D eigenvalue weighted by Gasteiger charge is 2.39. The molecule has 2 aliphatic rings. The molecular formula is C13H24N2O. The van der Waals surface area contributed by atoms with Gasteiger partial charge in [0.1, 0.15) is 12.1 Å². The van der Waals surface area contributed by atoms with Gasteiger partial charge in [0, 0.05) is 0 Å². The standard InChI is InChI=1S/C13H24N2O/c1-12(2,3)10-5-4-7-13(8-6-10)9-16-11(14)15-13/h10H,4-9H2,1-3H3,(H2,14,15). The highest BCUT2D eigenvalue weighted by molar-refractivity contribution is 5.73. The number of nitrogens with zero attached hydrogens (tertiary/aromatic N) is 1. The zero-order valence-corrected chi connectivity index (χ0v) is 10.8. The van der Waals surface area contributed by atoms with Gasteiger partial charge < -0.3 is 10.5 Å². The Morgan fingerprint density at radius 2 is 2.06 bits per heavy atom. The van der Waals surface area contributed by atoms with Crippen LogP contribution in [-0.4, -0.2) is 18.2 Å². The van der Waals surface area contributed by atoms with Crippen LogP contribution in [0.1, 0.15) is 52.9 Å². The predicted octanol–water partition coefficient (Wildman–Crippen LogP) is 2.70. The predicted molar refractivity (Wildman–Crippen MR) is 66.3 cm³/mol. The molecule has 1 heterocycles. The molecule has 0 aromatic rings. The maximum absolute atomic E-state index is 5.64. The van der Waals surface area contributed by atoms with Crippen molar-refractivity contribution in [2.45, 2.75) is 58.4 Å². The van der Waals surface area contributed by atoms with E-state index in [-0.39, 0.29) is 5.54 Å². The number of nitrogens with two attached hydrogens (primary N) is 1. The maximum atomic E-state index is 5.64. The first kappa shape index (κ1) is 11.7. The van der Waals surface area contributed by atoms with Crippen LogP contribution < -0.4 is 5.73 Å². The Balaban J connectivity index is 2.04. The number of aliphatic imine (C=N–C) groups is 1. The van der Waals surface area contributed by atoms with E-state index in [1.165, 1.54) is 19.3 Å². The molecule has 1 saturated carbocycles. The van der Waals surface area contributed by atoms with E-state index in [2.05, 4.69) is 25.8 Å². The Kier molecular flexibility index (Phi) is 2.89. The van der Waals surface area contributed by atoms with Gasteiger partial charge in [-0.25, -0.2) is 4.99 Å². The van der Waals surface area contributed by atoms with Crippen LogP contribution in [0.5, 0.6) is 0 Å². The second-order valence-corrected chi connectivity index (χ2v) is 6.46. The van der Waals surface area contributed by atoms with Gasteiger partial charge in [-0.05, 0) is 37.0 Å². The molecule has 2 rings (SSSR count). The van der Waals surface area contributed by atoms with Gasteiger partial charge in [-0.1, -0.05) is 27.2 Å². The highest BCUT2D eigenvalue weighted by Crippen LogP contribution is 2.42. The minimum Gasteiger partial charge on any atom is -0.463 e. The van der Waals surface area contributed by atoms with Crippen LogP contribution in [0, 0.1) is 11.3 Å². The van der Waals surface area contributed by atoms with Crippen molar-refractivity contribution in [3.63, 3.8) is 0 Å². The largest absolute Gasteiger partial charge is 0.463 e. The van der Waals surface area contributed by atoms with Crippen molar-refractivity contribution in [1.29, 1.82) is 0 Å². The fourth-order valence-corrected chi connectivity index (χ4v) is 3.02. The minimum atomic E-state index is 0.0179. The van der Waals surface area contributed by atoms with Crippen molar-refractivity contribution < 1.29 is 4.74 Å². The van der Waals surface area contributed by atoms with E-state index in [0.29, 0.717) is 18.0 Å². The van der Waals surface area contributed by atoms with Gasteiger partial charge in [0.15, 0.2) is 0 Å². The van der Waals surface area contributed by atoms with Gasteiger partial charge in [0.2, 0.25) is 0 Å². The first-order chi connectivity index (χ1) is 7.41. The quantitative estimate of drug-likeness (QED) is 0.687. The Morgan fingerprint density at radius 1 is 1.31 bits per heavy atom. The molecule has 1 fully saturated rings. The SMILES string of the molecule is CC(C)(C)C1CCCC2(CC1)COC(N)=N2. The summed E-state index contributed by atoms with van der Waals surface area (Å²) in [5.74, 6) is 0.809. The molecule has 0 radical (unpaired) electrons. The molecule has 0 bridgehead atoms. The fourth-order valence-electron chi connectivity index (χ4n) is 3.02. The first-order valence-corrected chi connectivity index (χ1v) is 6.39. The van der Waals surface area contributed by atoms with Crippen molar-refractivity contribution in [2.24, 2.45) is 22.1 Å². The third kappa shape index (κ3) is 2.33. The van der Waals surface area contributed by atoms with Gasteiger partial charge in [-0.2, -0.15) is 0 Å². The minimum absolute atomic E-state index is 0.0179. The smallest absolute Gasteiger partial charge is 0.282 e. The van der Waals surface area contributed by atoms with Crippen molar-refractivity contribution in [3.8, 4) is 0 Å². The van der Waals surface area contributed by atoms with Crippen LogP contribution in [0.4, 0.5) is 0 Å². The average Bonchev–Trinajstić information content (AvgIpc) is 2.42. The van der Waals surface area contributed by atoms with Crippen molar-refractivity contribution in [3.05, 3.63) is 0 Å². The van der Waals surface area contributed by atoms with Crippen molar-refractivity contribution >= 4 is 6.02 Å². The van der Waals surface area contributed by atoms with E-state index in [0.717, 1.165) is 18.8 Å². The molecule has 2 unspecified atom stereocenters. The Labute approximate surface area is 98.5 Å². The van der Waals surface area contributed by atoms with Crippen LogP contribution in [-0.2, 0) is 4.74 Å². The summed E-state index contributed by atoms with van der Waals surface area (Å²) in [5, 5.41) is 0. The maximum Gasteiger partial charge on any atom is 0.282 e. The molecule has 92 valence electrons. The lowest BCUT2D eigenvalue weighted by molar-refractivity contribution is 0.201. The second kappa shape index (κ2) is 3.94. The van der Waals surface area contributed by atoms with Crippen LogP contribution >= 0.6 is 0 Å². The summed E-state index contributed by atoms with van der Waals surface area (Å²) >= 11 is 0. The molecule has 16 heavy (non-hydrogen) atoms. The van der Waals surface area contributed by atoms with Crippen molar-refractivity contribution in [1.82, 2.24) is 0 Å². The van der Waals surface area contributed by atoms with Gasteiger partial charge in [-0.15, -0.1) is 0 Å². The van der Waals surface area contributed by atoms with Crippen molar-refractivity contribution in [2.75, 3.05) is 6.61 Å². The van der Waals surface area contributed by atoms with Crippen LogP contribution in [0.25, 0.3) is 0 Å². The summed E-state index contributed by atoms with van der Waals surface area (Å²) in [6.07, 6.45) is 6.10.